The average molecular weight is 473 g/mol. The number of carbonyl (C=O) groups excluding carboxylic acids is 1. The van der Waals surface area contributed by atoms with Crippen molar-refractivity contribution in [3.63, 3.8) is 0 Å². The number of likely N-dealkylation sites (tertiary alicyclic amines) is 1. The topological polar surface area (TPSA) is 92.2 Å². The number of aromatic nitrogens is 1. The van der Waals surface area contributed by atoms with Crippen LogP contribution >= 0.6 is 0 Å². The van der Waals surface area contributed by atoms with Gasteiger partial charge in [0.05, 0.1) is 25.1 Å². The van der Waals surface area contributed by atoms with Gasteiger partial charge in [0.15, 0.2) is 0 Å². The first-order chi connectivity index (χ1) is 15.7. The summed E-state index contributed by atoms with van der Waals surface area (Å²) in [6, 6.07) is 4.09. The molecule has 3 aliphatic rings. The Morgan fingerprint density at radius 2 is 1.85 bits per heavy atom. The Balaban J connectivity index is 0.000000383. The van der Waals surface area contributed by atoms with E-state index in [-0.39, 0.29) is 11.3 Å². The third-order valence-corrected chi connectivity index (χ3v) is 6.24. The van der Waals surface area contributed by atoms with Crippen LogP contribution in [0, 0.1) is 11.3 Å². The zero-order valence-electron chi connectivity index (χ0n) is 18.4. The monoisotopic (exact) mass is 473 g/mol. The maximum Gasteiger partial charge on any atom is 0.490 e. The van der Waals surface area contributed by atoms with Crippen LogP contribution in [-0.4, -0.2) is 85.6 Å². The van der Waals surface area contributed by atoms with Crippen LogP contribution < -0.4 is 4.90 Å². The summed E-state index contributed by atoms with van der Waals surface area (Å²) in [6.07, 6.45) is 2.54. The molecule has 0 aliphatic carbocycles. The molecule has 4 heterocycles. The fourth-order valence-corrected chi connectivity index (χ4v) is 4.60. The highest BCUT2D eigenvalue weighted by Crippen LogP contribution is 2.35. The molecule has 0 bridgehead atoms. The molecular weight excluding hydrogens is 443 g/mol. The quantitative estimate of drug-likeness (QED) is 0.706. The maximum absolute atomic E-state index is 13.0. The van der Waals surface area contributed by atoms with E-state index in [1.165, 1.54) is 0 Å². The number of aliphatic carboxylic acids is 1. The zero-order valence-corrected chi connectivity index (χ0v) is 18.4. The SMILES string of the molecule is O=C(C1CCOCC1)N1CCCC2(COCCN(c3cccnc3)C2)C1.O=C(O)C(F)(F)F. The largest absolute Gasteiger partial charge is 0.490 e. The first-order valence-electron chi connectivity index (χ1n) is 11.1. The molecule has 1 amide bonds. The van der Waals surface area contributed by atoms with Crippen LogP contribution in [0.1, 0.15) is 25.7 Å². The second kappa shape index (κ2) is 11.1. The number of hydrogen-bond donors (Lipinski definition) is 1. The molecule has 1 aromatic rings. The standard InChI is InChI=1S/C20H29N3O3.C2HF3O2/c24-19(17-4-10-25-11-5-17)23-8-2-6-20(15-23)14-22(9-12-26-16-20)18-3-1-7-21-13-18;3-2(4,5)1(6)7/h1,3,7,13,17H,2,4-6,8-12,14-16H2;(H,6,7). The Morgan fingerprint density at radius 3 is 2.48 bits per heavy atom. The van der Waals surface area contributed by atoms with Crippen LogP contribution in [0.4, 0.5) is 18.9 Å². The first-order valence-corrected chi connectivity index (χ1v) is 11.1. The molecule has 33 heavy (non-hydrogen) atoms. The molecule has 0 radical (unpaired) electrons. The van der Waals surface area contributed by atoms with Gasteiger partial charge in [-0.3, -0.25) is 9.78 Å². The predicted molar refractivity (Wildman–Crippen MR) is 113 cm³/mol. The van der Waals surface area contributed by atoms with E-state index in [9.17, 15) is 18.0 Å². The van der Waals surface area contributed by atoms with Crippen molar-refractivity contribution in [2.75, 3.05) is 57.5 Å². The van der Waals surface area contributed by atoms with Crippen LogP contribution in [-0.2, 0) is 19.1 Å². The van der Waals surface area contributed by atoms with Crippen LogP contribution in [0.25, 0.3) is 0 Å². The number of carboxylic acid groups (broad SMARTS) is 1. The number of alkyl halides is 3. The fraction of sp³-hybridized carbons (Fsp3) is 0.682. The molecule has 3 fully saturated rings. The molecule has 0 aromatic carbocycles. The lowest BCUT2D eigenvalue weighted by Gasteiger charge is -2.45. The van der Waals surface area contributed by atoms with E-state index in [4.69, 9.17) is 19.4 Å². The molecule has 8 nitrogen and oxygen atoms in total. The van der Waals surface area contributed by atoms with Crippen LogP contribution in [0.5, 0.6) is 0 Å². The molecule has 1 atom stereocenters. The van der Waals surface area contributed by atoms with Gasteiger partial charge in [-0.25, -0.2) is 4.79 Å². The summed E-state index contributed by atoms with van der Waals surface area (Å²) in [4.78, 5) is 30.7. The van der Waals surface area contributed by atoms with E-state index in [1.54, 1.807) is 0 Å². The molecule has 1 spiro atoms. The molecule has 1 aromatic heterocycles. The minimum Gasteiger partial charge on any atom is -0.475 e. The number of piperidine rings is 1. The summed E-state index contributed by atoms with van der Waals surface area (Å²) in [5, 5.41) is 7.12. The molecular formula is C22H30F3N3O5. The van der Waals surface area contributed by atoms with Gasteiger partial charge in [-0.05, 0) is 37.8 Å². The van der Waals surface area contributed by atoms with Gasteiger partial charge in [0, 0.05) is 56.9 Å². The van der Waals surface area contributed by atoms with Gasteiger partial charge in [-0.1, -0.05) is 0 Å². The maximum atomic E-state index is 13.0. The molecule has 11 heteroatoms. The van der Waals surface area contributed by atoms with Crippen LogP contribution in [0.15, 0.2) is 24.5 Å². The summed E-state index contributed by atoms with van der Waals surface area (Å²) in [6.45, 7) is 6.38. The number of rotatable bonds is 2. The Hall–Kier alpha value is -2.40. The van der Waals surface area contributed by atoms with E-state index in [2.05, 4.69) is 20.9 Å². The summed E-state index contributed by atoms with van der Waals surface area (Å²) in [5.74, 6) is -2.29. The van der Waals surface area contributed by atoms with Crippen molar-refractivity contribution in [2.45, 2.75) is 31.9 Å². The minimum atomic E-state index is -5.08. The average Bonchev–Trinajstić information content (AvgIpc) is 3.02. The van der Waals surface area contributed by atoms with Crippen molar-refractivity contribution in [2.24, 2.45) is 11.3 Å². The van der Waals surface area contributed by atoms with E-state index in [0.29, 0.717) is 19.1 Å². The van der Waals surface area contributed by atoms with Gasteiger partial charge in [0.25, 0.3) is 0 Å². The van der Waals surface area contributed by atoms with Crippen molar-refractivity contribution < 1.29 is 37.3 Å². The van der Waals surface area contributed by atoms with Crippen molar-refractivity contribution in [1.29, 1.82) is 0 Å². The number of carboxylic acids is 1. The smallest absolute Gasteiger partial charge is 0.475 e. The van der Waals surface area contributed by atoms with Crippen molar-refractivity contribution in [3.8, 4) is 0 Å². The van der Waals surface area contributed by atoms with Gasteiger partial charge in [0.2, 0.25) is 5.91 Å². The van der Waals surface area contributed by atoms with Gasteiger partial charge in [-0.15, -0.1) is 0 Å². The van der Waals surface area contributed by atoms with Crippen molar-refractivity contribution in [1.82, 2.24) is 9.88 Å². The van der Waals surface area contributed by atoms with Gasteiger partial charge in [0.1, 0.15) is 0 Å². The lowest BCUT2D eigenvalue weighted by Crippen LogP contribution is -2.53. The van der Waals surface area contributed by atoms with Gasteiger partial charge in [-0.2, -0.15) is 13.2 Å². The van der Waals surface area contributed by atoms with Crippen molar-refractivity contribution in [3.05, 3.63) is 24.5 Å². The number of nitrogens with zero attached hydrogens (tertiary/aromatic N) is 3. The van der Waals surface area contributed by atoms with E-state index < -0.39 is 12.1 Å². The summed E-state index contributed by atoms with van der Waals surface area (Å²) < 4.78 is 43.2. The molecule has 4 rings (SSSR count). The second-order valence-corrected chi connectivity index (χ2v) is 8.74. The molecule has 0 saturated carbocycles. The van der Waals surface area contributed by atoms with Crippen molar-refractivity contribution >= 4 is 17.6 Å². The van der Waals surface area contributed by atoms with E-state index in [0.717, 1.165) is 70.8 Å². The third kappa shape index (κ3) is 7.04. The number of anilines is 1. The van der Waals surface area contributed by atoms with Gasteiger partial charge < -0.3 is 24.4 Å². The fourth-order valence-electron chi connectivity index (χ4n) is 4.60. The highest BCUT2D eigenvalue weighted by atomic mass is 19.4. The number of halogens is 3. The summed E-state index contributed by atoms with van der Waals surface area (Å²) in [5.41, 5.74) is 1.16. The molecule has 1 unspecified atom stereocenters. The Morgan fingerprint density at radius 1 is 1.12 bits per heavy atom. The number of amides is 1. The number of carbonyl (C=O) groups is 2. The summed E-state index contributed by atoms with van der Waals surface area (Å²) in [7, 11) is 0. The van der Waals surface area contributed by atoms with Crippen LogP contribution in [0.3, 0.4) is 0 Å². The lowest BCUT2D eigenvalue weighted by atomic mass is 9.79. The third-order valence-electron chi connectivity index (χ3n) is 6.24. The number of hydrogen-bond acceptors (Lipinski definition) is 6. The first kappa shape index (κ1) is 25.2. The molecule has 1 N–H and O–H groups in total. The van der Waals surface area contributed by atoms with Gasteiger partial charge >= 0.3 is 12.1 Å². The normalized spacial score (nSPS) is 24.6. The highest BCUT2D eigenvalue weighted by molar-refractivity contribution is 5.79. The molecule has 3 saturated heterocycles. The summed E-state index contributed by atoms with van der Waals surface area (Å²) >= 11 is 0. The predicted octanol–water partition coefficient (Wildman–Crippen LogP) is 2.59. The number of pyridine rings is 1. The van der Waals surface area contributed by atoms with E-state index >= 15 is 0 Å². The Labute approximate surface area is 190 Å². The Kier molecular flexibility index (Phi) is 8.52. The van der Waals surface area contributed by atoms with E-state index in [1.807, 2.05) is 18.5 Å². The van der Waals surface area contributed by atoms with Crippen LogP contribution in [0.2, 0.25) is 0 Å². The second-order valence-electron chi connectivity index (χ2n) is 8.74. The lowest BCUT2D eigenvalue weighted by molar-refractivity contribution is -0.192. The molecule has 184 valence electrons. The highest BCUT2D eigenvalue weighted by Gasteiger charge is 2.41. The molecule has 3 aliphatic heterocycles. The zero-order chi connectivity index (χ0) is 23.9. The minimum absolute atomic E-state index is 0.0193. The number of ether oxygens (including phenoxy) is 2. The Bertz CT molecular complexity index is 789.